The summed E-state index contributed by atoms with van der Waals surface area (Å²) in [7, 11) is 0. The molecule has 1 saturated heterocycles. The molecule has 1 aliphatic rings. The minimum Gasteiger partial charge on any atom is -0.350 e. The maximum absolute atomic E-state index is 12.3. The molecular weight excluding hydrogens is 296 g/mol. The number of hydrogen-bond acceptors (Lipinski definition) is 2. The van der Waals surface area contributed by atoms with E-state index in [4.69, 9.17) is 0 Å². The Kier molecular flexibility index (Phi) is 5.54. The van der Waals surface area contributed by atoms with E-state index in [0.29, 0.717) is 5.92 Å². The molecule has 0 radical (unpaired) electrons. The van der Waals surface area contributed by atoms with Crippen LogP contribution in [0.15, 0.2) is 30.3 Å². The summed E-state index contributed by atoms with van der Waals surface area (Å²) in [5.41, 5.74) is 2.45. The lowest BCUT2D eigenvalue weighted by molar-refractivity contribution is -0.117. The lowest BCUT2D eigenvalue weighted by Crippen LogP contribution is -2.62. The molecule has 24 heavy (non-hydrogen) atoms. The Balaban J connectivity index is 1.95. The topological polar surface area (TPSA) is 41.1 Å². The van der Waals surface area contributed by atoms with Gasteiger partial charge < -0.3 is 10.6 Å². The molecule has 0 bridgehead atoms. The Morgan fingerprint density at radius 2 is 1.67 bits per heavy atom. The molecule has 2 rings (SSSR count). The third-order valence-electron chi connectivity index (χ3n) is 4.57. The molecule has 2 N–H and O–H groups in total. The maximum atomic E-state index is 12.3. The molecule has 0 unspecified atom stereocenters. The molecular formula is C21H32N2O. The SMILES string of the molecule is CC(C)c1ccc(/C=C/C(=O)NC2CC(C)(C)NC(C)(C)C2)cc1. The number of amides is 1. The first-order valence-electron chi connectivity index (χ1n) is 8.94. The second-order valence-electron chi connectivity index (χ2n) is 8.66. The fourth-order valence-electron chi connectivity index (χ4n) is 3.84. The molecule has 3 heteroatoms. The van der Waals surface area contributed by atoms with Crippen molar-refractivity contribution < 1.29 is 4.79 Å². The van der Waals surface area contributed by atoms with Gasteiger partial charge in [-0.15, -0.1) is 0 Å². The number of carbonyl (C=O) groups excluding carboxylic acids is 1. The first kappa shape index (κ1) is 18.7. The van der Waals surface area contributed by atoms with Crippen molar-refractivity contribution in [3.05, 3.63) is 41.5 Å². The zero-order chi connectivity index (χ0) is 18.0. The zero-order valence-corrected chi connectivity index (χ0v) is 15.9. The van der Waals surface area contributed by atoms with Crippen LogP contribution in [-0.2, 0) is 4.79 Å². The van der Waals surface area contributed by atoms with Gasteiger partial charge in [-0.05, 0) is 63.7 Å². The van der Waals surface area contributed by atoms with E-state index in [9.17, 15) is 4.79 Å². The van der Waals surface area contributed by atoms with Gasteiger partial charge in [0.2, 0.25) is 5.91 Å². The predicted octanol–water partition coefficient (Wildman–Crippen LogP) is 4.25. The van der Waals surface area contributed by atoms with Crippen molar-refractivity contribution in [2.75, 3.05) is 0 Å². The standard InChI is InChI=1S/C21H32N2O/c1-15(2)17-10-7-16(8-11-17)9-12-19(24)22-18-13-20(3,4)23-21(5,6)14-18/h7-12,15,18,23H,13-14H2,1-6H3,(H,22,24)/b12-9+. The lowest BCUT2D eigenvalue weighted by atomic mass is 9.79. The smallest absolute Gasteiger partial charge is 0.244 e. The lowest BCUT2D eigenvalue weighted by Gasteiger charge is -2.46. The van der Waals surface area contributed by atoms with Crippen LogP contribution in [0, 0.1) is 0 Å². The molecule has 1 aliphatic heterocycles. The van der Waals surface area contributed by atoms with Crippen molar-refractivity contribution in [3.63, 3.8) is 0 Å². The van der Waals surface area contributed by atoms with E-state index in [-0.39, 0.29) is 23.0 Å². The third kappa shape index (κ3) is 5.48. The van der Waals surface area contributed by atoms with Crippen LogP contribution >= 0.6 is 0 Å². The predicted molar refractivity (Wildman–Crippen MR) is 102 cm³/mol. The van der Waals surface area contributed by atoms with Crippen LogP contribution in [0.5, 0.6) is 0 Å². The molecule has 1 aromatic carbocycles. The van der Waals surface area contributed by atoms with E-state index in [2.05, 4.69) is 76.4 Å². The molecule has 0 atom stereocenters. The number of carbonyl (C=O) groups is 1. The van der Waals surface area contributed by atoms with Crippen LogP contribution in [0.2, 0.25) is 0 Å². The van der Waals surface area contributed by atoms with Gasteiger partial charge in [-0.2, -0.15) is 0 Å². The van der Waals surface area contributed by atoms with Crippen molar-refractivity contribution in [3.8, 4) is 0 Å². The Morgan fingerprint density at radius 3 is 2.17 bits per heavy atom. The molecule has 132 valence electrons. The van der Waals surface area contributed by atoms with E-state index >= 15 is 0 Å². The molecule has 0 spiro atoms. The van der Waals surface area contributed by atoms with Crippen LogP contribution in [0.3, 0.4) is 0 Å². The number of benzene rings is 1. The minimum absolute atomic E-state index is 0.0126. The third-order valence-corrected chi connectivity index (χ3v) is 4.57. The molecule has 1 fully saturated rings. The Bertz CT molecular complexity index is 581. The molecule has 0 aliphatic carbocycles. The first-order valence-corrected chi connectivity index (χ1v) is 8.94. The van der Waals surface area contributed by atoms with E-state index in [1.165, 1.54) is 5.56 Å². The Labute approximate surface area is 146 Å². The highest BCUT2D eigenvalue weighted by Crippen LogP contribution is 2.28. The first-order chi connectivity index (χ1) is 11.1. The summed E-state index contributed by atoms with van der Waals surface area (Å²) in [6.45, 7) is 13.1. The highest BCUT2D eigenvalue weighted by Gasteiger charge is 2.37. The summed E-state index contributed by atoms with van der Waals surface area (Å²) < 4.78 is 0. The number of nitrogens with one attached hydrogen (secondary N) is 2. The number of piperidine rings is 1. The molecule has 1 heterocycles. The van der Waals surface area contributed by atoms with Gasteiger partial charge >= 0.3 is 0 Å². The van der Waals surface area contributed by atoms with E-state index in [0.717, 1.165) is 18.4 Å². The van der Waals surface area contributed by atoms with Gasteiger partial charge in [0.15, 0.2) is 0 Å². The van der Waals surface area contributed by atoms with Crippen molar-refractivity contribution in [2.24, 2.45) is 0 Å². The number of rotatable bonds is 4. The Morgan fingerprint density at radius 1 is 1.12 bits per heavy atom. The van der Waals surface area contributed by atoms with Crippen LogP contribution in [0.4, 0.5) is 0 Å². The minimum atomic E-state index is -0.0126. The van der Waals surface area contributed by atoms with Gasteiger partial charge in [0.05, 0.1) is 0 Å². The largest absolute Gasteiger partial charge is 0.350 e. The molecule has 3 nitrogen and oxygen atoms in total. The normalized spacial score (nSPS) is 20.5. The van der Waals surface area contributed by atoms with Gasteiger partial charge in [-0.25, -0.2) is 0 Å². The summed E-state index contributed by atoms with van der Waals surface area (Å²) in [5, 5.41) is 6.80. The van der Waals surface area contributed by atoms with Gasteiger partial charge in [-0.3, -0.25) is 4.79 Å². The Hall–Kier alpha value is -1.61. The average molecular weight is 329 g/mol. The van der Waals surface area contributed by atoms with Crippen LogP contribution in [0.25, 0.3) is 6.08 Å². The zero-order valence-electron chi connectivity index (χ0n) is 15.9. The fourth-order valence-corrected chi connectivity index (χ4v) is 3.84. The van der Waals surface area contributed by atoms with Gasteiger partial charge in [0.1, 0.15) is 0 Å². The van der Waals surface area contributed by atoms with Gasteiger partial charge in [0, 0.05) is 23.2 Å². The van der Waals surface area contributed by atoms with Gasteiger partial charge in [-0.1, -0.05) is 38.1 Å². The molecule has 0 saturated carbocycles. The summed E-state index contributed by atoms with van der Waals surface area (Å²) in [6.07, 6.45) is 5.42. The summed E-state index contributed by atoms with van der Waals surface area (Å²) >= 11 is 0. The quantitative estimate of drug-likeness (QED) is 0.811. The monoisotopic (exact) mass is 328 g/mol. The number of hydrogen-bond donors (Lipinski definition) is 2. The van der Waals surface area contributed by atoms with Crippen molar-refractivity contribution in [1.29, 1.82) is 0 Å². The maximum Gasteiger partial charge on any atom is 0.244 e. The average Bonchev–Trinajstić information content (AvgIpc) is 2.42. The van der Waals surface area contributed by atoms with Crippen molar-refractivity contribution >= 4 is 12.0 Å². The van der Waals surface area contributed by atoms with Gasteiger partial charge in [0.25, 0.3) is 0 Å². The van der Waals surface area contributed by atoms with E-state index in [1.807, 2.05) is 6.08 Å². The summed E-state index contributed by atoms with van der Waals surface area (Å²) in [6, 6.07) is 8.59. The molecule has 1 aromatic rings. The second-order valence-corrected chi connectivity index (χ2v) is 8.66. The molecule has 0 aromatic heterocycles. The fraction of sp³-hybridized carbons (Fsp3) is 0.571. The van der Waals surface area contributed by atoms with Crippen molar-refractivity contribution in [2.45, 2.75) is 77.4 Å². The highest BCUT2D eigenvalue weighted by atomic mass is 16.1. The summed E-state index contributed by atoms with van der Waals surface area (Å²) in [4.78, 5) is 12.3. The van der Waals surface area contributed by atoms with E-state index in [1.54, 1.807) is 6.08 Å². The highest BCUT2D eigenvalue weighted by molar-refractivity contribution is 5.91. The van der Waals surface area contributed by atoms with Crippen molar-refractivity contribution in [1.82, 2.24) is 10.6 Å². The van der Waals surface area contributed by atoms with E-state index < -0.39 is 0 Å². The van der Waals surface area contributed by atoms with Crippen LogP contribution in [-0.4, -0.2) is 23.0 Å². The summed E-state index contributed by atoms with van der Waals surface area (Å²) in [5.74, 6) is 0.513. The second kappa shape index (κ2) is 7.10. The molecule has 1 amide bonds. The van der Waals surface area contributed by atoms with Crippen LogP contribution in [0.1, 0.15) is 71.4 Å². The van der Waals surface area contributed by atoms with Crippen LogP contribution < -0.4 is 10.6 Å².